The van der Waals surface area contributed by atoms with Crippen LogP contribution in [-0.2, 0) is 4.74 Å². The summed E-state index contributed by atoms with van der Waals surface area (Å²) in [5.74, 6) is 1.60. The molecule has 0 bridgehead atoms. The van der Waals surface area contributed by atoms with E-state index in [1.807, 2.05) is 0 Å². The molecular weight excluding hydrogens is 798 g/mol. The van der Waals surface area contributed by atoms with Crippen LogP contribution in [0.15, 0.2) is 64.9 Å². The number of hydrogen-bond acceptors (Lipinski definition) is 16. The second-order valence-corrected chi connectivity index (χ2v) is 15.0. The third-order valence-corrected chi connectivity index (χ3v) is 10.9. The van der Waals surface area contributed by atoms with Crippen molar-refractivity contribution in [3.8, 4) is 23.0 Å². The first-order valence-electron chi connectivity index (χ1n) is 19.4. The summed E-state index contributed by atoms with van der Waals surface area (Å²) in [5, 5.41) is 28.7. The molecule has 320 valence electrons. The number of halogens is 1. The van der Waals surface area contributed by atoms with Crippen LogP contribution < -0.4 is 24.7 Å². The number of nitrogen functional groups attached to an aromatic ring is 1. The first-order valence-corrected chi connectivity index (χ1v) is 19.4. The second-order valence-electron chi connectivity index (χ2n) is 15.0. The monoisotopic (exact) mass is 841 g/mol. The van der Waals surface area contributed by atoms with Crippen molar-refractivity contribution >= 4 is 52.6 Å². The van der Waals surface area contributed by atoms with Crippen molar-refractivity contribution in [3.63, 3.8) is 0 Å². The quantitative estimate of drug-likeness (QED) is 0.102. The maximum absolute atomic E-state index is 13.2. The Balaban J connectivity index is 0.000000214. The van der Waals surface area contributed by atoms with Gasteiger partial charge in [-0.3, -0.25) is 24.1 Å². The summed E-state index contributed by atoms with van der Waals surface area (Å²) in [5.41, 5.74) is 9.81. The second kappa shape index (κ2) is 16.9. The molecule has 0 saturated carbocycles. The number of amides is 2. The van der Waals surface area contributed by atoms with E-state index in [-0.39, 0.29) is 40.9 Å². The fourth-order valence-electron chi connectivity index (χ4n) is 7.84. The smallest absolute Gasteiger partial charge is 0.312 e. The number of methoxy groups -OCH3 is 2. The molecule has 0 radical (unpaired) electrons. The molecule has 5 N–H and O–H groups in total. The lowest BCUT2D eigenvalue weighted by Crippen LogP contribution is -2.35. The number of imidazole rings is 1. The van der Waals surface area contributed by atoms with Gasteiger partial charge in [-0.15, -0.1) is 0 Å². The van der Waals surface area contributed by atoms with E-state index in [1.54, 1.807) is 60.7 Å². The summed E-state index contributed by atoms with van der Waals surface area (Å²) in [7, 11) is 3.09. The summed E-state index contributed by atoms with van der Waals surface area (Å²) in [6.45, 7) is 9.32. The molecule has 3 saturated heterocycles. The van der Waals surface area contributed by atoms with Gasteiger partial charge >= 0.3 is 6.08 Å². The predicted octanol–water partition coefficient (Wildman–Crippen LogP) is 2.68. The van der Waals surface area contributed by atoms with Gasteiger partial charge in [0.2, 0.25) is 0 Å². The van der Waals surface area contributed by atoms with Crippen LogP contribution in [0.3, 0.4) is 0 Å². The molecule has 5 aliphatic heterocycles. The molecular formula is C41H44FN9O10. The molecule has 6 atom stereocenters. The summed E-state index contributed by atoms with van der Waals surface area (Å²) in [4.78, 5) is 49.9. The molecule has 0 aliphatic carbocycles. The van der Waals surface area contributed by atoms with Crippen LogP contribution in [0.2, 0.25) is 0 Å². The standard InChI is InChI=1S/C31H32N4O6.C10H12FN5O4/c1-18-8-20-14-32-24-12-28(26(38-3)10-22(24)30(36)34(20)16-18)40-6-5-7-41-29-13-25-23(11-27(29)39-4)31(37)35-17-19(2)9-21(35)15-33-25;11-10-14-7(12)4-8(15-10)16(2-13-4)9-6(19)5(18)3(1-17)20-9/h10-15,20-21H,1-2,5-9,16-17H2,3-4H3;2-3,5-6,9,17-19H,1H2,(H2,12,14,15)/t20-,21-;3-,5-,6+,9-/m01/s1. The number of anilines is 1. The normalized spacial score (nSPS) is 23.8. The summed E-state index contributed by atoms with van der Waals surface area (Å²) in [6.07, 6.45) is 1.22. The number of aliphatic hydroxyl groups is 3. The average Bonchev–Trinajstić information content (AvgIpc) is 3.99. The first-order chi connectivity index (χ1) is 29.4. The van der Waals surface area contributed by atoms with Crippen molar-refractivity contribution in [1.29, 1.82) is 0 Å². The topological polar surface area (TPSA) is 242 Å². The minimum atomic E-state index is -1.32. The van der Waals surface area contributed by atoms with Gasteiger partial charge in [0.25, 0.3) is 11.8 Å². The molecule has 2 amide bonds. The van der Waals surface area contributed by atoms with Crippen LogP contribution in [0.5, 0.6) is 23.0 Å². The maximum atomic E-state index is 13.2. The molecule has 19 nitrogen and oxygen atoms in total. The van der Waals surface area contributed by atoms with Crippen LogP contribution in [0.4, 0.5) is 21.6 Å². The van der Waals surface area contributed by atoms with Crippen molar-refractivity contribution < 1.29 is 53.0 Å². The van der Waals surface area contributed by atoms with Gasteiger partial charge in [-0.25, -0.2) is 4.98 Å². The zero-order valence-corrected chi connectivity index (χ0v) is 33.3. The Kier molecular flexibility index (Phi) is 11.4. The van der Waals surface area contributed by atoms with E-state index in [4.69, 9.17) is 34.5 Å². The number of carbonyl (C=O) groups excluding carboxylic acids is 2. The zero-order valence-electron chi connectivity index (χ0n) is 33.3. The number of aromatic nitrogens is 4. The molecule has 2 aromatic carbocycles. The maximum Gasteiger partial charge on any atom is 0.312 e. The number of rotatable bonds is 10. The average molecular weight is 842 g/mol. The van der Waals surface area contributed by atoms with Crippen LogP contribution in [-0.4, -0.2) is 146 Å². The summed E-state index contributed by atoms with van der Waals surface area (Å²) in [6, 6.07) is 6.69. The third kappa shape index (κ3) is 7.85. The van der Waals surface area contributed by atoms with Gasteiger partial charge in [-0.05, 0) is 25.0 Å². The zero-order chi connectivity index (χ0) is 43.1. The lowest BCUT2D eigenvalue weighted by atomic mass is 10.1. The van der Waals surface area contributed by atoms with Crippen LogP contribution in [0.1, 0.15) is 46.2 Å². The minimum absolute atomic E-state index is 0.0323. The largest absolute Gasteiger partial charge is 0.493 e. The molecule has 9 rings (SSSR count). The first kappa shape index (κ1) is 41.3. The Morgan fingerprint density at radius 3 is 1.87 bits per heavy atom. The van der Waals surface area contributed by atoms with E-state index in [0.717, 1.165) is 24.0 Å². The van der Waals surface area contributed by atoms with Crippen molar-refractivity contribution in [1.82, 2.24) is 29.3 Å². The Morgan fingerprint density at radius 2 is 1.38 bits per heavy atom. The Labute approximate surface area is 348 Å². The third-order valence-electron chi connectivity index (χ3n) is 10.9. The summed E-state index contributed by atoms with van der Waals surface area (Å²) < 4.78 is 42.9. The van der Waals surface area contributed by atoms with Gasteiger partial charge in [0.1, 0.15) is 18.3 Å². The number of aliphatic hydroxyl groups excluding tert-OH is 3. The van der Waals surface area contributed by atoms with Crippen molar-refractivity contribution in [2.75, 3.05) is 52.9 Å². The Morgan fingerprint density at radius 1 is 0.836 bits per heavy atom. The number of nitrogens with zero attached hydrogens (tertiary/aromatic N) is 8. The van der Waals surface area contributed by atoms with Gasteiger partial charge < -0.3 is 54.5 Å². The van der Waals surface area contributed by atoms with E-state index < -0.39 is 37.2 Å². The number of hydrogen-bond donors (Lipinski definition) is 4. The number of ether oxygens (including phenoxy) is 5. The number of carbonyl (C=O) groups is 2. The van der Waals surface area contributed by atoms with Gasteiger partial charge in [-0.1, -0.05) is 24.3 Å². The Hall–Kier alpha value is -6.48. The molecule has 2 aromatic heterocycles. The van der Waals surface area contributed by atoms with Crippen LogP contribution in [0, 0.1) is 6.08 Å². The highest BCUT2D eigenvalue weighted by Crippen LogP contribution is 2.40. The van der Waals surface area contributed by atoms with Gasteiger partial charge in [0.05, 0.1) is 75.0 Å². The highest BCUT2D eigenvalue weighted by molar-refractivity contribution is 6.04. The summed E-state index contributed by atoms with van der Waals surface area (Å²) >= 11 is 0. The van der Waals surface area contributed by atoms with Crippen LogP contribution >= 0.6 is 0 Å². The number of aliphatic imine (C=N–C) groups is 2. The lowest BCUT2D eigenvalue weighted by molar-refractivity contribution is -0.0511. The molecule has 0 unspecified atom stereocenters. The minimum Gasteiger partial charge on any atom is -0.493 e. The van der Waals surface area contributed by atoms with Gasteiger partial charge in [0.15, 0.2) is 46.2 Å². The highest BCUT2D eigenvalue weighted by Gasteiger charge is 2.44. The number of nitrogens with two attached hydrogens (primary N) is 1. The predicted molar refractivity (Wildman–Crippen MR) is 218 cm³/mol. The SMILES string of the molecule is C=C1C[C@H]2C=Nc3cc(OCCCOc4cc5c(cc4OC)C(=O)N4CC(=C)C[C@H]4C=N5)c(OC)cc3C(=O)N2C1.Nc1nc(F)nc2c1ncn2[C@@H]1O[C@H](CO)[C@@H](O)[C@@H]1O. The highest BCUT2D eigenvalue weighted by atomic mass is 19.1. The molecule has 4 aromatic rings. The van der Waals surface area contributed by atoms with Gasteiger partial charge in [-0.2, -0.15) is 14.4 Å². The van der Waals surface area contributed by atoms with Crippen molar-refractivity contribution in [2.24, 2.45) is 9.98 Å². The molecule has 20 heteroatoms. The lowest BCUT2D eigenvalue weighted by Gasteiger charge is -2.20. The molecule has 3 fully saturated rings. The van der Waals surface area contributed by atoms with Crippen LogP contribution in [0.25, 0.3) is 11.2 Å². The Bertz CT molecular complexity index is 2360. The van der Waals surface area contributed by atoms with E-state index in [9.17, 15) is 24.2 Å². The molecule has 0 spiro atoms. The fraction of sp³-hybridized carbons (Fsp3) is 0.390. The van der Waals surface area contributed by atoms with E-state index in [0.29, 0.717) is 78.2 Å². The number of fused-ring (bicyclic) bond motifs is 5. The molecule has 5 aliphatic rings. The van der Waals surface area contributed by atoms with Crippen molar-refractivity contribution in [2.45, 2.75) is 55.9 Å². The van der Waals surface area contributed by atoms with Gasteiger partial charge in [0, 0.05) is 44.1 Å². The van der Waals surface area contributed by atoms with E-state index >= 15 is 0 Å². The molecule has 61 heavy (non-hydrogen) atoms. The fourth-order valence-corrected chi connectivity index (χ4v) is 7.84. The van der Waals surface area contributed by atoms with Crippen molar-refractivity contribution in [3.05, 3.63) is 72.1 Å². The molecule has 7 heterocycles. The van der Waals surface area contributed by atoms with E-state index in [1.165, 1.54) is 10.9 Å². The number of benzene rings is 2. The van der Waals surface area contributed by atoms with E-state index in [2.05, 4.69) is 38.1 Å².